The van der Waals surface area contributed by atoms with Crippen molar-refractivity contribution in [3.05, 3.63) is 118 Å². The van der Waals surface area contributed by atoms with E-state index in [0.717, 1.165) is 49.2 Å². The lowest BCUT2D eigenvalue weighted by atomic mass is 9.87. The molecule has 43 heavy (non-hydrogen) atoms. The first-order chi connectivity index (χ1) is 20.9. The highest BCUT2D eigenvalue weighted by molar-refractivity contribution is 5.89. The van der Waals surface area contributed by atoms with Crippen molar-refractivity contribution in [2.24, 2.45) is 5.92 Å². The van der Waals surface area contributed by atoms with Gasteiger partial charge in [-0.2, -0.15) is 0 Å². The summed E-state index contributed by atoms with van der Waals surface area (Å²) in [6.07, 6.45) is 4.34. The molecule has 2 saturated carbocycles. The van der Waals surface area contributed by atoms with Crippen molar-refractivity contribution >= 4 is 11.9 Å². The maximum atomic E-state index is 13.2. The van der Waals surface area contributed by atoms with Gasteiger partial charge in [-0.3, -0.25) is 9.69 Å². The number of rotatable bonds is 9. The number of carbonyl (C=O) groups excluding carboxylic acids is 1. The van der Waals surface area contributed by atoms with Crippen molar-refractivity contribution in [3.63, 3.8) is 0 Å². The van der Waals surface area contributed by atoms with Crippen LogP contribution >= 0.6 is 0 Å². The minimum atomic E-state index is -0.918. The average molecular weight is 574 g/mol. The Morgan fingerprint density at radius 2 is 1.74 bits per heavy atom. The molecule has 1 aromatic heterocycles. The van der Waals surface area contributed by atoms with Crippen LogP contribution in [0.25, 0.3) is 11.1 Å². The van der Waals surface area contributed by atoms with Crippen LogP contribution in [0.5, 0.6) is 0 Å². The second-order valence-corrected chi connectivity index (χ2v) is 12.7. The standard InChI is InChI=1S/C37H39N3O3/c1-23-17-29(24(2)40(23)30-12-13-30)21-39-16-15-32-31(26-9-6-10-27(18-26)37(42)43)14-11-28(35(32)22-39)20-38-36(41)34-19-33(34)25-7-4-3-5-8-25/h3-11,14,17-18,30,33-34H,12-13,15-16,19-22H2,1-2H3,(H,38,41)(H,42,43)/t33-,34+/m0/s1. The third kappa shape index (κ3) is 5.52. The van der Waals surface area contributed by atoms with Crippen molar-refractivity contribution in [1.82, 2.24) is 14.8 Å². The van der Waals surface area contributed by atoms with Crippen LogP contribution in [0.15, 0.2) is 72.8 Å². The third-order valence-electron chi connectivity index (χ3n) is 9.71. The summed E-state index contributed by atoms with van der Waals surface area (Å²) in [5.74, 6) is -0.446. The molecular formula is C37H39N3O3. The first-order valence-corrected chi connectivity index (χ1v) is 15.6. The fourth-order valence-electron chi connectivity index (χ4n) is 7.20. The Morgan fingerprint density at radius 3 is 2.51 bits per heavy atom. The van der Waals surface area contributed by atoms with Gasteiger partial charge in [0.05, 0.1) is 5.56 Å². The SMILES string of the molecule is Cc1cc(CN2CCc3c(-c4cccc(C(=O)O)c4)ccc(CNC(=O)[C@@H]4C[C@H]4c4ccccc4)c3C2)c(C)n1C1CC1. The number of carbonyl (C=O) groups is 2. The molecule has 220 valence electrons. The van der Waals surface area contributed by atoms with E-state index in [9.17, 15) is 14.7 Å². The molecule has 6 nitrogen and oxygen atoms in total. The van der Waals surface area contributed by atoms with Crippen LogP contribution in [-0.4, -0.2) is 33.0 Å². The van der Waals surface area contributed by atoms with Gasteiger partial charge in [-0.15, -0.1) is 0 Å². The van der Waals surface area contributed by atoms with E-state index in [1.807, 2.05) is 30.3 Å². The van der Waals surface area contributed by atoms with Crippen LogP contribution in [0, 0.1) is 19.8 Å². The summed E-state index contributed by atoms with van der Waals surface area (Å²) in [5, 5.41) is 12.9. The molecule has 1 aliphatic heterocycles. The van der Waals surface area contributed by atoms with Gasteiger partial charge >= 0.3 is 5.97 Å². The molecule has 0 saturated heterocycles. The number of hydrogen-bond donors (Lipinski definition) is 2. The summed E-state index contributed by atoms with van der Waals surface area (Å²) in [7, 11) is 0. The summed E-state index contributed by atoms with van der Waals surface area (Å²) < 4.78 is 2.52. The summed E-state index contributed by atoms with van der Waals surface area (Å²) in [4.78, 5) is 27.4. The van der Waals surface area contributed by atoms with E-state index >= 15 is 0 Å². The predicted octanol–water partition coefficient (Wildman–Crippen LogP) is 6.78. The van der Waals surface area contributed by atoms with Gasteiger partial charge in [0.1, 0.15) is 0 Å². The van der Waals surface area contributed by atoms with Gasteiger partial charge in [0.15, 0.2) is 0 Å². The second kappa shape index (κ2) is 11.2. The molecule has 2 N–H and O–H groups in total. The highest BCUT2D eigenvalue weighted by Gasteiger charge is 2.43. The lowest BCUT2D eigenvalue weighted by molar-refractivity contribution is -0.122. The maximum absolute atomic E-state index is 13.2. The Hall–Kier alpha value is -4.16. The van der Waals surface area contributed by atoms with Crippen LogP contribution < -0.4 is 5.32 Å². The summed E-state index contributed by atoms with van der Waals surface area (Å²) in [5.41, 5.74) is 11.4. The molecule has 0 spiro atoms. The van der Waals surface area contributed by atoms with Crippen molar-refractivity contribution in [2.45, 2.75) is 71.1 Å². The molecule has 0 radical (unpaired) electrons. The maximum Gasteiger partial charge on any atom is 0.335 e. The lowest BCUT2D eigenvalue weighted by Crippen LogP contribution is -2.33. The predicted molar refractivity (Wildman–Crippen MR) is 168 cm³/mol. The van der Waals surface area contributed by atoms with Gasteiger partial charge in [-0.05, 0) is 103 Å². The van der Waals surface area contributed by atoms with Gasteiger partial charge in [0, 0.05) is 49.5 Å². The van der Waals surface area contributed by atoms with Crippen LogP contribution in [0.2, 0.25) is 0 Å². The van der Waals surface area contributed by atoms with Gasteiger partial charge in [0.2, 0.25) is 5.91 Å². The van der Waals surface area contributed by atoms with Gasteiger partial charge in [0.25, 0.3) is 0 Å². The zero-order valence-corrected chi connectivity index (χ0v) is 25.0. The fraction of sp³-hybridized carbons (Fsp3) is 0.351. The number of nitrogens with zero attached hydrogens (tertiary/aromatic N) is 2. The van der Waals surface area contributed by atoms with E-state index in [2.05, 4.69) is 59.0 Å². The van der Waals surface area contributed by atoms with E-state index in [4.69, 9.17) is 0 Å². The number of aromatic nitrogens is 1. The van der Waals surface area contributed by atoms with Crippen molar-refractivity contribution < 1.29 is 14.7 Å². The molecule has 0 bridgehead atoms. The summed E-state index contributed by atoms with van der Waals surface area (Å²) in [6, 6.07) is 24.8. The molecule has 4 aromatic rings. The number of amides is 1. The summed E-state index contributed by atoms with van der Waals surface area (Å²) in [6.45, 7) is 7.61. The normalized spacial score (nSPS) is 19.6. The lowest BCUT2D eigenvalue weighted by Gasteiger charge is -2.32. The highest BCUT2D eigenvalue weighted by Crippen LogP contribution is 2.47. The molecule has 2 fully saturated rings. The number of nitrogens with one attached hydrogen (secondary N) is 1. The smallest absolute Gasteiger partial charge is 0.335 e. The topological polar surface area (TPSA) is 74.6 Å². The Morgan fingerprint density at radius 1 is 0.930 bits per heavy atom. The molecule has 3 aromatic carbocycles. The van der Waals surface area contributed by atoms with Crippen LogP contribution in [-0.2, 0) is 30.8 Å². The average Bonchev–Trinajstić information content (AvgIpc) is 3.95. The number of benzene rings is 3. The third-order valence-corrected chi connectivity index (χ3v) is 9.71. The fourth-order valence-corrected chi connectivity index (χ4v) is 7.20. The minimum absolute atomic E-state index is 0.0366. The molecule has 6 heteroatoms. The number of aryl methyl sites for hydroxylation is 1. The quantitative estimate of drug-likeness (QED) is 0.231. The van der Waals surface area contributed by atoms with E-state index < -0.39 is 5.97 Å². The highest BCUT2D eigenvalue weighted by atomic mass is 16.4. The van der Waals surface area contributed by atoms with Gasteiger partial charge in [-0.1, -0.05) is 54.6 Å². The second-order valence-electron chi connectivity index (χ2n) is 12.7. The Balaban J connectivity index is 1.15. The van der Waals surface area contributed by atoms with Crippen molar-refractivity contribution in [3.8, 4) is 11.1 Å². The van der Waals surface area contributed by atoms with Crippen LogP contribution in [0.1, 0.15) is 80.8 Å². The molecule has 1 amide bonds. The minimum Gasteiger partial charge on any atom is -0.478 e. The Kier molecular flexibility index (Phi) is 7.18. The molecule has 0 unspecified atom stereocenters. The van der Waals surface area contributed by atoms with Gasteiger partial charge < -0.3 is 15.0 Å². The molecular weight excluding hydrogens is 534 g/mol. The van der Waals surface area contributed by atoms with E-state index in [0.29, 0.717) is 24.1 Å². The summed E-state index contributed by atoms with van der Waals surface area (Å²) >= 11 is 0. The van der Waals surface area contributed by atoms with Crippen LogP contribution in [0.4, 0.5) is 0 Å². The largest absolute Gasteiger partial charge is 0.478 e. The Labute approximate surface area is 253 Å². The van der Waals surface area contributed by atoms with E-state index in [-0.39, 0.29) is 11.8 Å². The van der Waals surface area contributed by atoms with E-state index in [1.165, 1.54) is 46.5 Å². The molecule has 2 atom stereocenters. The first-order valence-electron chi connectivity index (χ1n) is 15.6. The number of carboxylic acid groups (broad SMARTS) is 1. The molecule has 2 heterocycles. The van der Waals surface area contributed by atoms with Crippen molar-refractivity contribution in [1.29, 1.82) is 0 Å². The van der Waals surface area contributed by atoms with Crippen LogP contribution in [0.3, 0.4) is 0 Å². The molecule has 7 rings (SSSR count). The molecule has 3 aliphatic rings. The zero-order chi connectivity index (χ0) is 29.7. The van der Waals surface area contributed by atoms with Crippen molar-refractivity contribution in [2.75, 3.05) is 6.54 Å². The van der Waals surface area contributed by atoms with Gasteiger partial charge in [-0.25, -0.2) is 4.79 Å². The number of hydrogen-bond acceptors (Lipinski definition) is 3. The zero-order valence-electron chi connectivity index (χ0n) is 25.0. The number of fused-ring (bicyclic) bond motifs is 1. The first kappa shape index (κ1) is 27.7. The van der Waals surface area contributed by atoms with E-state index in [1.54, 1.807) is 12.1 Å². The number of carboxylic acids is 1. The Bertz CT molecular complexity index is 1700. The monoisotopic (exact) mass is 573 g/mol. The molecule has 2 aliphatic carbocycles. The number of aromatic carboxylic acids is 1.